The van der Waals surface area contributed by atoms with Gasteiger partial charge >= 0.3 is 5.97 Å². The smallest absolute Gasteiger partial charge is 0.313 e. The molecule has 1 aromatic heterocycles. The molecule has 0 unspecified atom stereocenters. The molecule has 0 aliphatic carbocycles. The van der Waals surface area contributed by atoms with Crippen LogP contribution in [0.2, 0.25) is 5.02 Å². The van der Waals surface area contributed by atoms with E-state index in [1.807, 2.05) is 13.8 Å². The molecule has 8 heteroatoms. The molecule has 21 heavy (non-hydrogen) atoms. The third-order valence-corrected chi connectivity index (χ3v) is 3.88. The highest BCUT2D eigenvalue weighted by Crippen LogP contribution is 2.31. The van der Waals surface area contributed by atoms with Gasteiger partial charge in [0, 0.05) is 5.92 Å². The molecule has 1 heterocycles. The van der Waals surface area contributed by atoms with E-state index in [9.17, 15) is 9.18 Å². The number of benzene rings is 1. The molecule has 0 saturated heterocycles. The average Bonchev–Trinajstić information content (AvgIpc) is 2.80. The molecule has 0 spiro atoms. The van der Waals surface area contributed by atoms with Crippen molar-refractivity contribution in [2.75, 3.05) is 5.75 Å². The van der Waals surface area contributed by atoms with E-state index in [1.165, 1.54) is 16.7 Å². The lowest BCUT2D eigenvalue weighted by Crippen LogP contribution is -2.08. The van der Waals surface area contributed by atoms with Gasteiger partial charge in [-0.3, -0.25) is 9.36 Å². The first-order valence-electron chi connectivity index (χ1n) is 6.16. The van der Waals surface area contributed by atoms with Crippen molar-refractivity contribution in [1.29, 1.82) is 0 Å². The molecular formula is C13H13ClFN3O2S. The lowest BCUT2D eigenvalue weighted by Gasteiger charge is -2.13. The molecule has 0 atom stereocenters. The molecule has 0 aliphatic heterocycles. The Kier molecular flexibility index (Phi) is 4.84. The van der Waals surface area contributed by atoms with Gasteiger partial charge in [-0.15, -0.1) is 10.2 Å². The molecule has 0 amide bonds. The third kappa shape index (κ3) is 3.36. The molecule has 0 fully saturated rings. The van der Waals surface area contributed by atoms with Gasteiger partial charge in [-0.1, -0.05) is 43.3 Å². The van der Waals surface area contributed by atoms with E-state index in [4.69, 9.17) is 16.7 Å². The number of hydrogen-bond donors (Lipinski definition) is 1. The average molecular weight is 330 g/mol. The zero-order valence-corrected chi connectivity index (χ0v) is 13.0. The first kappa shape index (κ1) is 15.8. The van der Waals surface area contributed by atoms with E-state index in [-0.39, 0.29) is 22.4 Å². The number of carboxylic acid groups (broad SMARTS) is 1. The van der Waals surface area contributed by atoms with E-state index in [0.717, 1.165) is 11.8 Å². The van der Waals surface area contributed by atoms with Gasteiger partial charge in [0.1, 0.15) is 17.3 Å². The first-order chi connectivity index (χ1) is 9.91. The predicted octanol–water partition coefficient (Wildman–Crippen LogP) is 3.36. The van der Waals surface area contributed by atoms with Gasteiger partial charge < -0.3 is 5.11 Å². The second-order valence-electron chi connectivity index (χ2n) is 4.58. The van der Waals surface area contributed by atoms with Gasteiger partial charge in [-0.25, -0.2) is 4.39 Å². The van der Waals surface area contributed by atoms with Crippen LogP contribution in [-0.2, 0) is 4.79 Å². The summed E-state index contributed by atoms with van der Waals surface area (Å²) in [4.78, 5) is 10.7. The molecule has 0 aliphatic rings. The molecule has 112 valence electrons. The van der Waals surface area contributed by atoms with Crippen LogP contribution in [-0.4, -0.2) is 31.6 Å². The minimum absolute atomic E-state index is 0.0210. The van der Waals surface area contributed by atoms with E-state index < -0.39 is 11.8 Å². The number of halogens is 2. The van der Waals surface area contributed by atoms with E-state index in [2.05, 4.69) is 10.2 Å². The molecule has 0 saturated carbocycles. The van der Waals surface area contributed by atoms with E-state index in [0.29, 0.717) is 11.0 Å². The summed E-state index contributed by atoms with van der Waals surface area (Å²) in [5.74, 6) is -1.19. The van der Waals surface area contributed by atoms with Crippen LogP contribution in [0.25, 0.3) is 5.69 Å². The van der Waals surface area contributed by atoms with Crippen molar-refractivity contribution in [1.82, 2.24) is 14.8 Å². The zero-order chi connectivity index (χ0) is 15.6. The normalized spacial score (nSPS) is 11.1. The van der Waals surface area contributed by atoms with Crippen molar-refractivity contribution >= 4 is 29.3 Å². The number of hydrogen-bond acceptors (Lipinski definition) is 4. The molecule has 2 aromatic rings. The standard InChI is InChI=1S/C13H13ClFN3O2S/c1-7(2)12-16-17-13(21-6-10(19)20)18(12)11-8(14)4-3-5-9(11)15/h3-5,7H,6H2,1-2H3,(H,19,20). The maximum Gasteiger partial charge on any atom is 0.313 e. The molecule has 0 radical (unpaired) electrons. The lowest BCUT2D eigenvalue weighted by molar-refractivity contribution is -0.133. The Bertz CT molecular complexity index is 655. The number of nitrogens with zero attached hydrogens (tertiary/aromatic N) is 3. The second kappa shape index (κ2) is 6.44. The predicted molar refractivity (Wildman–Crippen MR) is 78.8 cm³/mol. The Balaban J connectivity index is 2.58. The summed E-state index contributed by atoms with van der Waals surface area (Å²) in [6, 6.07) is 4.36. The summed E-state index contributed by atoms with van der Waals surface area (Å²) in [6.07, 6.45) is 0. The van der Waals surface area contributed by atoms with Crippen molar-refractivity contribution in [2.45, 2.75) is 24.9 Å². The number of aliphatic carboxylic acids is 1. The fourth-order valence-electron chi connectivity index (χ4n) is 1.79. The van der Waals surface area contributed by atoms with Crippen molar-refractivity contribution < 1.29 is 14.3 Å². The summed E-state index contributed by atoms with van der Waals surface area (Å²) in [6.45, 7) is 3.78. The second-order valence-corrected chi connectivity index (χ2v) is 5.93. The zero-order valence-electron chi connectivity index (χ0n) is 11.4. The van der Waals surface area contributed by atoms with Gasteiger partial charge in [0.25, 0.3) is 0 Å². The van der Waals surface area contributed by atoms with Crippen LogP contribution in [0.3, 0.4) is 0 Å². The summed E-state index contributed by atoms with van der Waals surface area (Å²) < 4.78 is 15.6. The summed E-state index contributed by atoms with van der Waals surface area (Å²) >= 11 is 7.06. The summed E-state index contributed by atoms with van der Waals surface area (Å²) in [5.41, 5.74) is 0.140. The largest absolute Gasteiger partial charge is 0.481 e. The molecular weight excluding hydrogens is 317 g/mol. The van der Waals surface area contributed by atoms with Crippen LogP contribution in [0.5, 0.6) is 0 Å². The quantitative estimate of drug-likeness (QED) is 0.852. The van der Waals surface area contributed by atoms with Crippen molar-refractivity contribution in [3.8, 4) is 5.69 Å². The Morgan fingerprint density at radius 1 is 1.48 bits per heavy atom. The van der Waals surface area contributed by atoms with Gasteiger partial charge in [0.05, 0.1) is 10.8 Å². The highest BCUT2D eigenvalue weighted by Gasteiger charge is 2.21. The Morgan fingerprint density at radius 2 is 2.19 bits per heavy atom. The maximum atomic E-state index is 14.1. The minimum atomic E-state index is -0.986. The van der Waals surface area contributed by atoms with E-state index in [1.54, 1.807) is 6.07 Å². The fraction of sp³-hybridized carbons (Fsp3) is 0.308. The van der Waals surface area contributed by atoms with Crippen LogP contribution in [0, 0.1) is 5.82 Å². The number of rotatable bonds is 5. The lowest BCUT2D eigenvalue weighted by atomic mass is 10.2. The third-order valence-electron chi connectivity index (χ3n) is 2.66. The maximum absolute atomic E-state index is 14.1. The van der Waals surface area contributed by atoms with Crippen LogP contribution in [0.15, 0.2) is 23.4 Å². The first-order valence-corrected chi connectivity index (χ1v) is 7.52. The molecule has 0 bridgehead atoms. The van der Waals surface area contributed by atoms with Crippen LogP contribution in [0.1, 0.15) is 25.6 Å². The van der Waals surface area contributed by atoms with Crippen LogP contribution < -0.4 is 0 Å². The van der Waals surface area contributed by atoms with Crippen molar-refractivity contribution in [3.63, 3.8) is 0 Å². The van der Waals surface area contributed by atoms with Crippen molar-refractivity contribution in [3.05, 3.63) is 34.9 Å². The van der Waals surface area contributed by atoms with Crippen LogP contribution >= 0.6 is 23.4 Å². The monoisotopic (exact) mass is 329 g/mol. The SMILES string of the molecule is CC(C)c1nnc(SCC(=O)O)n1-c1c(F)cccc1Cl. The Hall–Kier alpha value is -1.60. The number of carboxylic acids is 1. The molecule has 5 nitrogen and oxygen atoms in total. The number of carbonyl (C=O) groups is 1. The molecule has 1 aromatic carbocycles. The fourth-order valence-corrected chi connectivity index (χ4v) is 2.70. The van der Waals surface area contributed by atoms with Crippen molar-refractivity contribution in [2.24, 2.45) is 0 Å². The summed E-state index contributed by atoms with van der Waals surface area (Å²) in [5, 5.41) is 17.3. The molecule has 2 rings (SSSR count). The van der Waals surface area contributed by atoms with Gasteiger partial charge in [0.15, 0.2) is 5.16 Å². The highest BCUT2D eigenvalue weighted by molar-refractivity contribution is 7.99. The number of thioether (sulfide) groups is 1. The minimum Gasteiger partial charge on any atom is -0.481 e. The van der Waals surface area contributed by atoms with E-state index >= 15 is 0 Å². The Morgan fingerprint density at radius 3 is 2.76 bits per heavy atom. The van der Waals surface area contributed by atoms with Crippen LogP contribution in [0.4, 0.5) is 4.39 Å². The molecule has 1 N–H and O–H groups in total. The van der Waals surface area contributed by atoms with Gasteiger partial charge in [-0.2, -0.15) is 0 Å². The highest BCUT2D eigenvalue weighted by atomic mass is 35.5. The number of aromatic nitrogens is 3. The topological polar surface area (TPSA) is 68.0 Å². The Labute approximate surface area is 130 Å². The summed E-state index contributed by atoms with van der Waals surface area (Å²) in [7, 11) is 0. The van der Waals surface area contributed by atoms with Gasteiger partial charge in [-0.05, 0) is 12.1 Å². The number of para-hydroxylation sites is 1. The van der Waals surface area contributed by atoms with Gasteiger partial charge in [0.2, 0.25) is 0 Å².